The Balaban J connectivity index is 2.14. The Morgan fingerprint density at radius 3 is 2.74 bits per heavy atom. The van der Waals surface area contributed by atoms with E-state index in [-0.39, 0.29) is 5.54 Å². The van der Waals surface area contributed by atoms with E-state index in [1.807, 2.05) is 18.2 Å². The summed E-state index contributed by atoms with van der Waals surface area (Å²) in [5.74, 6) is 0.872. The fraction of sp³-hybridized carbons (Fsp3) is 0.500. The summed E-state index contributed by atoms with van der Waals surface area (Å²) in [4.78, 5) is 6.79. The van der Waals surface area contributed by atoms with Crippen molar-refractivity contribution in [2.24, 2.45) is 0 Å². The molecule has 4 nitrogen and oxygen atoms in total. The molecule has 0 saturated carbocycles. The summed E-state index contributed by atoms with van der Waals surface area (Å²) in [5, 5.41) is 4.37. The average molecular weight is 279 g/mol. The van der Waals surface area contributed by atoms with E-state index >= 15 is 0 Å². The van der Waals surface area contributed by atoms with Gasteiger partial charge in [0.05, 0.1) is 17.3 Å². The summed E-state index contributed by atoms with van der Waals surface area (Å²) < 4.78 is 6.37. The monoisotopic (exact) mass is 279 g/mol. The van der Waals surface area contributed by atoms with Gasteiger partial charge < -0.3 is 15.0 Å². The van der Waals surface area contributed by atoms with Crippen LogP contribution in [0.4, 0.5) is 5.13 Å². The molecule has 0 aliphatic carbocycles. The van der Waals surface area contributed by atoms with Crippen molar-refractivity contribution in [3.8, 4) is 5.75 Å². The Bertz CT molecular complexity index is 563. The first kappa shape index (κ1) is 14.1. The van der Waals surface area contributed by atoms with E-state index in [9.17, 15) is 0 Å². The lowest BCUT2D eigenvalue weighted by Crippen LogP contribution is -2.44. The maximum Gasteiger partial charge on any atom is 0.183 e. The van der Waals surface area contributed by atoms with Crippen molar-refractivity contribution in [1.82, 2.24) is 9.88 Å². The second-order valence-corrected chi connectivity index (χ2v) is 6.44. The van der Waals surface area contributed by atoms with Gasteiger partial charge in [0, 0.05) is 12.1 Å². The molecule has 1 aromatic carbocycles. The Hall–Kier alpha value is -1.33. The Labute approximate surface area is 118 Å². The van der Waals surface area contributed by atoms with E-state index in [4.69, 9.17) is 4.74 Å². The number of ether oxygens (including phenoxy) is 1. The van der Waals surface area contributed by atoms with Crippen LogP contribution in [0, 0.1) is 0 Å². The molecule has 0 saturated heterocycles. The molecule has 19 heavy (non-hydrogen) atoms. The minimum absolute atomic E-state index is 0.0928. The predicted molar refractivity (Wildman–Crippen MR) is 82.4 cm³/mol. The molecule has 2 rings (SSSR count). The molecule has 0 amide bonds. The second kappa shape index (κ2) is 5.35. The Morgan fingerprint density at radius 2 is 2.11 bits per heavy atom. The zero-order chi connectivity index (χ0) is 14.0. The van der Waals surface area contributed by atoms with Crippen molar-refractivity contribution in [3.63, 3.8) is 0 Å². The molecule has 1 heterocycles. The zero-order valence-electron chi connectivity index (χ0n) is 12.2. The first-order valence-electron chi connectivity index (χ1n) is 6.28. The average Bonchev–Trinajstić information content (AvgIpc) is 2.77. The van der Waals surface area contributed by atoms with Gasteiger partial charge >= 0.3 is 0 Å². The smallest absolute Gasteiger partial charge is 0.183 e. The van der Waals surface area contributed by atoms with E-state index in [1.165, 1.54) is 0 Å². The lowest BCUT2D eigenvalue weighted by atomic mass is 10.1. The van der Waals surface area contributed by atoms with E-state index in [0.29, 0.717) is 0 Å². The van der Waals surface area contributed by atoms with Gasteiger partial charge in [-0.05, 0) is 46.1 Å². The normalized spacial score (nSPS) is 12.1. The van der Waals surface area contributed by atoms with Crippen LogP contribution < -0.4 is 10.1 Å². The molecule has 0 radical (unpaired) electrons. The molecule has 1 N–H and O–H groups in total. The number of anilines is 1. The van der Waals surface area contributed by atoms with Crippen molar-refractivity contribution >= 4 is 26.7 Å². The SMILES string of the molecule is COc1ccc2nc(NCC(C)(C)N(C)C)sc2c1. The van der Waals surface area contributed by atoms with Crippen molar-refractivity contribution in [1.29, 1.82) is 0 Å². The van der Waals surface area contributed by atoms with E-state index in [1.54, 1.807) is 18.4 Å². The number of hydrogen-bond donors (Lipinski definition) is 1. The summed E-state index contributed by atoms with van der Waals surface area (Å²) >= 11 is 1.66. The summed E-state index contributed by atoms with van der Waals surface area (Å²) in [5.41, 5.74) is 1.10. The van der Waals surface area contributed by atoms with E-state index in [0.717, 1.165) is 27.6 Å². The van der Waals surface area contributed by atoms with E-state index < -0.39 is 0 Å². The van der Waals surface area contributed by atoms with Gasteiger partial charge in [-0.3, -0.25) is 0 Å². The molecule has 0 aliphatic heterocycles. The Morgan fingerprint density at radius 1 is 1.37 bits per heavy atom. The fourth-order valence-corrected chi connectivity index (χ4v) is 2.45. The lowest BCUT2D eigenvalue weighted by molar-refractivity contribution is 0.210. The van der Waals surface area contributed by atoms with Gasteiger partial charge in [0.1, 0.15) is 5.75 Å². The minimum Gasteiger partial charge on any atom is -0.497 e. The molecular weight excluding hydrogens is 258 g/mol. The number of nitrogens with zero attached hydrogens (tertiary/aromatic N) is 2. The largest absolute Gasteiger partial charge is 0.497 e. The van der Waals surface area contributed by atoms with E-state index in [2.05, 4.69) is 43.1 Å². The predicted octanol–water partition coefficient (Wildman–Crippen LogP) is 3.06. The molecule has 1 aromatic heterocycles. The number of methoxy groups -OCH3 is 1. The summed E-state index contributed by atoms with van der Waals surface area (Å²) in [7, 11) is 5.86. The third-order valence-electron chi connectivity index (χ3n) is 3.48. The number of aromatic nitrogens is 1. The van der Waals surface area contributed by atoms with Crippen LogP contribution in [0.3, 0.4) is 0 Å². The lowest BCUT2D eigenvalue weighted by Gasteiger charge is -2.32. The van der Waals surface area contributed by atoms with Crippen LogP contribution in [0.25, 0.3) is 10.2 Å². The Kier molecular flexibility index (Phi) is 3.96. The topological polar surface area (TPSA) is 37.4 Å². The van der Waals surface area contributed by atoms with Gasteiger partial charge in [-0.2, -0.15) is 0 Å². The van der Waals surface area contributed by atoms with Crippen molar-refractivity contribution in [2.75, 3.05) is 33.1 Å². The first-order chi connectivity index (χ1) is 8.92. The molecule has 0 unspecified atom stereocenters. The number of hydrogen-bond acceptors (Lipinski definition) is 5. The van der Waals surface area contributed by atoms with Gasteiger partial charge in [-0.15, -0.1) is 0 Å². The highest BCUT2D eigenvalue weighted by Crippen LogP contribution is 2.29. The van der Waals surface area contributed by atoms with Crippen molar-refractivity contribution in [2.45, 2.75) is 19.4 Å². The van der Waals surface area contributed by atoms with Crippen LogP contribution in [0.5, 0.6) is 5.75 Å². The van der Waals surface area contributed by atoms with Crippen molar-refractivity contribution in [3.05, 3.63) is 18.2 Å². The quantitative estimate of drug-likeness (QED) is 0.913. The van der Waals surface area contributed by atoms with Crippen LogP contribution in [0.2, 0.25) is 0 Å². The summed E-state index contributed by atoms with van der Waals surface area (Å²) in [6.07, 6.45) is 0. The maximum absolute atomic E-state index is 5.23. The molecule has 0 bridgehead atoms. The maximum atomic E-state index is 5.23. The number of likely N-dealkylation sites (N-methyl/N-ethyl adjacent to an activating group) is 1. The summed E-state index contributed by atoms with van der Waals surface area (Å²) in [6, 6.07) is 5.96. The van der Waals surface area contributed by atoms with Crippen LogP contribution in [0.1, 0.15) is 13.8 Å². The fourth-order valence-electron chi connectivity index (χ4n) is 1.56. The molecular formula is C14H21N3OS. The third kappa shape index (κ3) is 3.16. The molecule has 0 atom stereocenters. The number of thiazole rings is 1. The van der Waals surface area contributed by atoms with Crippen molar-refractivity contribution < 1.29 is 4.74 Å². The van der Waals surface area contributed by atoms with Crippen LogP contribution in [0.15, 0.2) is 18.2 Å². The first-order valence-corrected chi connectivity index (χ1v) is 7.10. The zero-order valence-corrected chi connectivity index (χ0v) is 13.0. The molecule has 0 aliphatic rings. The molecule has 0 fully saturated rings. The number of nitrogens with one attached hydrogen (secondary N) is 1. The van der Waals surface area contributed by atoms with Crippen LogP contribution in [-0.2, 0) is 0 Å². The van der Waals surface area contributed by atoms with Crippen LogP contribution in [-0.4, -0.2) is 43.2 Å². The van der Waals surface area contributed by atoms with Gasteiger partial charge in [0.25, 0.3) is 0 Å². The number of benzene rings is 1. The minimum atomic E-state index is 0.0928. The van der Waals surface area contributed by atoms with Gasteiger partial charge in [-0.25, -0.2) is 4.98 Å². The van der Waals surface area contributed by atoms with Gasteiger partial charge in [0.15, 0.2) is 5.13 Å². The molecule has 0 spiro atoms. The molecule has 5 heteroatoms. The number of rotatable bonds is 5. The standard InChI is InChI=1S/C14H21N3OS/c1-14(2,17(3)4)9-15-13-16-11-7-6-10(18-5)8-12(11)19-13/h6-8H,9H2,1-5H3,(H,15,16). The molecule has 104 valence electrons. The highest BCUT2D eigenvalue weighted by Gasteiger charge is 2.20. The highest BCUT2D eigenvalue weighted by molar-refractivity contribution is 7.22. The number of fused-ring (bicyclic) bond motifs is 1. The van der Waals surface area contributed by atoms with Gasteiger partial charge in [-0.1, -0.05) is 11.3 Å². The third-order valence-corrected chi connectivity index (χ3v) is 4.45. The molecule has 2 aromatic rings. The second-order valence-electron chi connectivity index (χ2n) is 5.41. The van der Waals surface area contributed by atoms with Crippen LogP contribution >= 0.6 is 11.3 Å². The summed E-state index contributed by atoms with van der Waals surface area (Å²) in [6.45, 7) is 5.27. The highest BCUT2D eigenvalue weighted by atomic mass is 32.1. The van der Waals surface area contributed by atoms with Gasteiger partial charge in [0.2, 0.25) is 0 Å².